The summed E-state index contributed by atoms with van der Waals surface area (Å²) in [5.74, 6) is -2.10. The molecule has 2 atom stereocenters. The number of allylic oxidation sites excluding steroid dienone is 1. The third kappa shape index (κ3) is 5.03. The summed E-state index contributed by atoms with van der Waals surface area (Å²) in [7, 11) is -3.60. The topological polar surface area (TPSA) is 118 Å². The minimum absolute atomic E-state index is 0.00714. The van der Waals surface area contributed by atoms with E-state index in [0.29, 0.717) is 13.0 Å². The first kappa shape index (κ1) is 23.9. The first-order valence-corrected chi connectivity index (χ1v) is 11.6. The molecule has 0 radical (unpaired) electrons. The molecule has 2 unspecified atom stereocenters. The lowest BCUT2D eigenvalue weighted by Gasteiger charge is -2.39. The lowest BCUT2D eigenvalue weighted by molar-refractivity contribution is -0.151. The Kier molecular flexibility index (Phi) is 6.43. The molecule has 0 fully saturated rings. The van der Waals surface area contributed by atoms with Gasteiger partial charge in [-0.3, -0.25) is 9.59 Å². The Morgan fingerprint density at radius 3 is 2.30 bits per heavy atom. The number of carboxylic acid groups (broad SMARTS) is 2. The number of ether oxygens (including phenoxy) is 1. The van der Waals surface area contributed by atoms with Crippen molar-refractivity contribution in [2.75, 3.05) is 12.9 Å². The van der Waals surface area contributed by atoms with E-state index in [1.807, 2.05) is 20.8 Å². The highest BCUT2D eigenvalue weighted by molar-refractivity contribution is 7.90. The van der Waals surface area contributed by atoms with Gasteiger partial charge in [0.2, 0.25) is 0 Å². The average Bonchev–Trinajstić information content (AvgIpc) is 2.59. The van der Waals surface area contributed by atoms with Crippen molar-refractivity contribution in [1.29, 1.82) is 0 Å². The van der Waals surface area contributed by atoms with Gasteiger partial charge in [-0.15, -0.1) is 0 Å². The van der Waals surface area contributed by atoms with Crippen LogP contribution in [0.15, 0.2) is 35.2 Å². The number of sulfone groups is 1. The van der Waals surface area contributed by atoms with Gasteiger partial charge < -0.3 is 14.9 Å². The zero-order chi connectivity index (χ0) is 23.0. The van der Waals surface area contributed by atoms with E-state index in [4.69, 9.17) is 4.74 Å². The second kappa shape index (κ2) is 8.06. The number of hydrogen-bond donors (Lipinski definition) is 2. The number of carbonyl (C=O) groups is 2. The number of hydrogen-bond acceptors (Lipinski definition) is 5. The predicted octanol–water partition coefficient (Wildman–Crippen LogP) is 3.67. The lowest BCUT2D eigenvalue weighted by Crippen LogP contribution is -2.45. The Bertz CT molecular complexity index is 972. The van der Waals surface area contributed by atoms with Crippen LogP contribution in [0.2, 0.25) is 0 Å². The fourth-order valence-corrected chi connectivity index (χ4v) is 4.26. The summed E-state index contributed by atoms with van der Waals surface area (Å²) in [6.07, 6.45) is 4.60. The Labute approximate surface area is 177 Å². The van der Waals surface area contributed by atoms with Crippen LogP contribution in [0.3, 0.4) is 0 Å². The van der Waals surface area contributed by atoms with E-state index in [9.17, 15) is 28.2 Å². The molecule has 0 spiro atoms. The lowest BCUT2D eigenvalue weighted by atomic mass is 9.63. The van der Waals surface area contributed by atoms with Crippen LogP contribution in [0.4, 0.5) is 0 Å². The van der Waals surface area contributed by atoms with E-state index in [2.05, 4.69) is 0 Å². The fraction of sp³-hybridized carbons (Fsp3) is 0.545. The Morgan fingerprint density at radius 2 is 1.80 bits per heavy atom. The van der Waals surface area contributed by atoms with Crippen molar-refractivity contribution >= 4 is 21.8 Å². The van der Waals surface area contributed by atoms with Crippen LogP contribution in [0.1, 0.15) is 52.5 Å². The molecule has 8 heteroatoms. The molecule has 2 rings (SSSR count). The molecular weight excluding hydrogens is 408 g/mol. The summed E-state index contributed by atoms with van der Waals surface area (Å²) < 4.78 is 30.2. The van der Waals surface area contributed by atoms with Gasteiger partial charge in [-0.25, -0.2) is 8.42 Å². The van der Waals surface area contributed by atoms with Crippen LogP contribution in [-0.2, 0) is 24.8 Å². The molecule has 0 saturated carbocycles. The van der Waals surface area contributed by atoms with Crippen LogP contribution in [0.25, 0.3) is 0 Å². The summed E-state index contributed by atoms with van der Waals surface area (Å²) in [6, 6.07) is 4.17. The van der Waals surface area contributed by atoms with Crippen molar-refractivity contribution in [3.05, 3.63) is 35.9 Å². The van der Waals surface area contributed by atoms with E-state index in [0.717, 1.165) is 6.26 Å². The third-order valence-corrected chi connectivity index (χ3v) is 6.63. The summed E-state index contributed by atoms with van der Waals surface area (Å²) in [4.78, 5) is 24.3. The molecule has 0 bridgehead atoms. The first-order chi connectivity index (χ1) is 13.6. The average molecular weight is 439 g/mol. The number of carboxylic acids is 2. The van der Waals surface area contributed by atoms with Gasteiger partial charge in [0.15, 0.2) is 9.84 Å². The molecule has 0 heterocycles. The van der Waals surface area contributed by atoms with Gasteiger partial charge in [0.1, 0.15) is 11.2 Å². The molecule has 2 N–H and O–H groups in total. The maximum atomic E-state index is 12.5. The molecule has 1 aromatic carbocycles. The second-order valence-corrected chi connectivity index (χ2v) is 11.5. The van der Waals surface area contributed by atoms with E-state index in [1.54, 1.807) is 0 Å². The number of aliphatic carboxylic acids is 2. The summed E-state index contributed by atoms with van der Waals surface area (Å²) in [5, 5.41) is 19.9. The molecule has 166 valence electrons. The van der Waals surface area contributed by atoms with Gasteiger partial charge in [0.25, 0.3) is 0 Å². The molecule has 0 aliphatic heterocycles. The molecule has 30 heavy (non-hydrogen) atoms. The van der Waals surface area contributed by atoms with Crippen LogP contribution in [-0.4, -0.2) is 43.4 Å². The molecule has 0 saturated heterocycles. The van der Waals surface area contributed by atoms with Crippen molar-refractivity contribution in [3.63, 3.8) is 0 Å². The van der Waals surface area contributed by atoms with Crippen molar-refractivity contribution in [2.45, 2.75) is 57.3 Å². The quantitative estimate of drug-likeness (QED) is 0.624. The van der Waals surface area contributed by atoms with Crippen molar-refractivity contribution in [1.82, 2.24) is 0 Å². The highest BCUT2D eigenvalue weighted by Crippen LogP contribution is 2.48. The summed E-state index contributed by atoms with van der Waals surface area (Å²) in [5.41, 5.74) is -2.85. The summed E-state index contributed by atoms with van der Waals surface area (Å²) in [6.45, 7) is 7.92. The molecular formula is C22H30O7S. The largest absolute Gasteiger partial charge is 0.493 e. The highest BCUT2D eigenvalue weighted by Gasteiger charge is 2.51. The molecule has 1 aliphatic rings. The summed E-state index contributed by atoms with van der Waals surface area (Å²) >= 11 is 0. The van der Waals surface area contributed by atoms with Crippen LogP contribution in [0, 0.1) is 10.8 Å². The van der Waals surface area contributed by atoms with Crippen LogP contribution < -0.4 is 4.74 Å². The first-order valence-electron chi connectivity index (χ1n) is 9.73. The van der Waals surface area contributed by atoms with E-state index >= 15 is 0 Å². The molecule has 0 amide bonds. The Morgan fingerprint density at radius 1 is 1.17 bits per heavy atom. The minimum Gasteiger partial charge on any atom is -0.493 e. The van der Waals surface area contributed by atoms with Gasteiger partial charge in [0, 0.05) is 11.8 Å². The predicted molar refractivity (Wildman–Crippen MR) is 113 cm³/mol. The van der Waals surface area contributed by atoms with Crippen molar-refractivity contribution in [3.8, 4) is 5.75 Å². The van der Waals surface area contributed by atoms with Crippen molar-refractivity contribution < 1.29 is 33.0 Å². The fourth-order valence-electron chi connectivity index (χ4n) is 3.62. The van der Waals surface area contributed by atoms with Gasteiger partial charge in [-0.1, -0.05) is 32.9 Å². The van der Waals surface area contributed by atoms with E-state index in [1.165, 1.54) is 37.3 Å². The Hall–Kier alpha value is -2.35. The van der Waals surface area contributed by atoms with Gasteiger partial charge in [-0.05, 0) is 49.8 Å². The maximum absolute atomic E-state index is 12.5. The van der Waals surface area contributed by atoms with Crippen molar-refractivity contribution in [2.24, 2.45) is 10.8 Å². The number of benzene rings is 1. The maximum Gasteiger partial charge on any atom is 0.314 e. The van der Waals surface area contributed by atoms with Gasteiger partial charge >= 0.3 is 11.9 Å². The second-order valence-electron chi connectivity index (χ2n) is 9.48. The Balaban J connectivity index is 2.65. The zero-order valence-electron chi connectivity index (χ0n) is 18.1. The molecule has 1 aromatic rings. The monoisotopic (exact) mass is 438 g/mol. The third-order valence-electron chi connectivity index (χ3n) is 5.52. The van der Waals surface area contributed by atoms with Crippen LogP contribution >= 0.6 is 0 Å². The van der Waals surface area contributed by atoms with E-state index < -0.39 is 32.6 Å². The van der Waals surface area contributed by atoms with E-state index in [-0.39, 0.29) is 34.5 Å². The number of rotatable bonds is 7. The molecule has 1 aliphatic carbocycles. The standard InChI is InChI=1S/C22H30O7S/c1-20(2,3)11-12-29-17-8-7-15(30(5,27)28)13-16(17)22(19(25)26)10-6-9-21(4,14-22)18(23)24/h6-9,13H,10-12,14H2,1-5H3,(H,23,24)(H,25,26). The van der Waals surface area contributed by atoms with Gasteiger partial charge in [0.05, 0.1) is 16.9 Å². The SMILES string of the molecule is CC(C)(C)CCOc1ccc(S(C)(=O)=O)cc1C1(C(=O)O)CC=CC(C)(C(=O)O)C1. The van der Waals surface area contributed by atoms with Gasteiger partial charge in [-0.2, -0.15) is 0 Å². The highest BCUT2D eigenvalue weighted by atomic mass is 32.2. The zero-order valence-corrected chi connectivity index (χ0v) is 18.9. The van der Waals surface area contributed by atoms with Crippen LogP contribution in [0.5, 0.6) is 5.75 Å². The smallest absolute Gasteiger partial charge is 0.314 e. The molecule has 7 nitrogen and oxygen atoms in total. The molecule has 0 aromatic heterocycles. The normalized spacial score (nSPS) is 24.4. The minimum atomic E-state index is -3.60.